The molecule has 0 radical (unpaired) electrons. The fourth-order valence-corrected chi connectivity index (χ4v) is 1.72. The van der Waals surface area contributed by atoms with Gasteiger partial charge in [0.25, 0.3) is 0 Å². The molecular weight excluding hydrogens is 168 g/mol. The molecule has 2 rings (SSSR count). The van der Waals surface area contributed by atoms with Crippen molar-refractivity contribution in [3.63, 3.8) is 0 Å². The van der Waals surface area contributed by atoms with E-state index >= 15 is 0 Å². The van der Waals surface area contributed by atoms with E-state index in [1.807, 2.05) is 0 Å². The molecule has 0 spiro atoms. The number of rotatable bonds is 0. The molecule has 72 valence electrons. The first-order valence-corrected chi connectivity index (χ1v) is 5.21. The number of benzene rings is 1. The van der Waals surface area contributed by atoms with Crippen LogP contribution in [-0.4, -0.2) is 0 Å². The normalized spacial score (nSPS) is 20.7. The molecule has 0 heterocycles. The summed E-state index contributed by atoms with van der Waals surface area (Å²) < 4.78 is 0. The minimum atomic E-state index is 0.666. The standard InChI is InChI=1S/C14H16/c1-11-7-9-13-5-3-4-6-14(13)10-8-12(11)2/h3-7,9-10,12H,8H2,1-2H3. The summed E-state index contributed by atoms with van der Waals surface area (Å²) in [5.41, 5.74) is 1.47. The Labute approximate surface area is 85.3 Å². The fraction of sp³-hybridized carbons (Fsp3) is 0.286. The molecule has 0 saturated heterocycles. The first kappa shape index (κ1) is 9.26. The van der Waals surface area contributed by atoms with Crippen molar-refractivity contribution in [2.75, 3.05) is 0 Å². The van der Waals surface area contributed by atoms with Gasteiger partial charge in [-0.3, -0.25) is 0 Å². The minimum absolute atomic E-state index is 0.666. The predicted octanol–water partition coefficient (Wildman–Crippen LogP) is 2.23. The fourth-order valence-electron chi connectivity index (χ4n) is 1.72. The molecule has 0 N–H and O–H groups in total. The number of fused-ring (bicyclic) bond motifs is 1. The average molecular weight is 184 g/mol. The Bertz CT molecular complexity index is 463. The topological polar surface area (TPSA) is 0 Å². The second-order valence-electron chi connectivity index (χ2n) is 4.05. The van der Waals surface area contributed by atoms with Crippen molar-refractivity contribution in [3.8, 4) is 0 Å². The van der Waals surface area contributed by atoms with Crippen molar-refractivity contribution in [2.45, 2.75) is 20.3 Å². The second-order valence-corrected chi connectivity index (χ2v) is 4.05. The van der Waals surface area contributed by atoms with E-state index in [9.17, 15) is 0 Å². The van der Waals surface area contributed by atoms with Gasteiger partial charge in [0.05, 0.1) is 0 Å². The quantitative estimate of drug-likeness (QED) is 0.580. The van der Waals surface area contributed by atoms with E-state index in [1.54, 1.807) is 0 Å². The third kappa shape index (κ3) is 1.79. The lowest BCUT2D eigenvalue weighted by Crippen LogP contribution is -2.24. The zero-order chi connectivity index (χ0) is 9.97. The largest absolute Gasteiger partial charge is 0.0761 e. The Kier molecular flexibility index (Phi) is 2.53. The molecule has 1 unspecified atom stereocenters. The van der Waals surface area contributed by atoms with Gasteiger partial charge in [0.15, 0.2) is 0 Å². The molecule has 0 aromatic heterocycles. The van der Waals surface area contributed by atoms with Crippen LogP contribution in [0.15, 0.2) is 35.9 Å². The van der Waals surface area contributed by atoms with Gasteiger partial charge in [-0.15, -0.1) is 0 Å². The first-order chi connectivity index (χ1) is 6.77. The highest BCUT2D eigenvalue weighted by Gasteiger charge is 2.02. The van der Waals surface area contributed by atoms with Crippen LogP contribution in [0, 0.1) is 5.92 Å². The first-order valence-electron chi connectivity index (χ1n) is 5.21. The van der Waals surface area contributed by atoms with E-state index in [2.05, 4.69) is 56.3 Å². The summed E-state index contributed by atoms with van der Waals surface area (Å²) in [5.74, 6) is 0.666. The van der Waals surface area contributed by atoms with Gasteiger partial charge in [0.2, 0.25) is 0 Å². The van der Waals surface area contributed by atoms with Gasteiger partial charge in [-0.05, 0) is 29.7 Å². The monoisotopic (exact) mass is 184 g/mol. The zero-order valence-corrected chi connectivity index (χ0v) is 8.83. The van der Waals surface area contributed by atoms with Crippen LogP contribution in [0.1, 0.15) is 20.3 Å². The lowest BCUT2D eigenvalue weighted by Gasteiger charge is -2.10. The summed E-state index contributed by atoms with van der Waals surface area (Å²) in [6.07, 6.45) is 7.95. The summed E-state index contributed by atoms with van der Waals surface area (Å²) in [6.45, 7) is 4.49. The van der Waals surface area contributed by atoms with Gasteiger partial charge in [-0.25, -0.2) is 0 Å². The molecule has 1 aromatic rings. The molecule has 0 nitrogen and oxygen atoms in total. The number of hydrogen-bond acceptors (Lipinski definition) is 0. The SMILES string of the molecule is CC1=CC=c2ccccc2=CCC1C. The Balaban J connectivity index is 2.64. The van der Waals surface area contributed by atoms with E-state index in [4.69, 9.17) is 0 Å². The van der Waals surface area contributed by atoms with Crippen LogP contribution in [0.4, 0.5) is 0 Å². The van der Waals surface area contributed by atoms with E-state index in [0.717, 1.165) is 6.42 Å². The predicted molar refractivity (Wildman–Crippen MR) is 62.2 cm³/mol. The number of hydrogen-bond donors (Lipinski definition) is 0. The van der Waals surface area contributed by atoms with Crippen molar-refractivity contribution in [1.82, 2.24) is 0 Å². The Morgan fingerprint density at radius 1 is 1.07 bits per heavy atom. The van der Waals surface area contributed by atoms with Crippen molar-refractivity contribution in [1.29, 1.82) is 0 Å². The molecule has 1 atom stereocenters. The van der Waals surface area contributed by atoms with Crippen LogP contribution < -0.4 is 10.4 Å². The molecule has 0 bridgehead atoms. The maximum atomic E-state index is 2.34. The summed E-state index contributed by atoms with van der Waals surface area (Å²) in [7, 11) is 0. The van der Waals surface area contributed by atoms with Gasteiger partial charge < -0.3 is 0 Å². The molecule has 0 heteroatoms. The highest BCUT2D eigenvalue weighted by molar-refractivity contribution is 5.44. The third-order valence-corrected chi connectivity index (χ3v) is 2.99. The Morgan fingerprint density at radius 3 is 2.57 bits per heavy atom. The van der Waals surface area contributed by atoms with Gasteiger partial charge in [0.1, 0.15) is 0 Å². The highest BCUT2D eigenvalue weighted by atomic mass is 14.1. The lowest BCUT2D eigenvalue weighted by atomic mass is 9.96. The van der Waals surface area contributed by atoms with Crippen LogP contribution in [0.3, 0.4) is 0 Å². The van der Waals surface area contributed by atoms with Crippen molar-refractivity contribution >= 4 is 12.2 Å². The smallest absolute Gasteiger partial charge is 0.0187 e. The van der Waals surface area contributed by atoms with Gasteiger partial charge in [0, 0.05) is 0 Å². The van der Waals surface area contributed by atoms with Crippen LogP contribution in [0.25, 0.3) is 12.2 Å². The summed E-state index contributed by atoms with van der Waals surface area (Å²) >= 11 is 0. The Hall–Kier alpha value is -1.30. The van der Waals surface area contributed by atoms with E-state index in [-0.39, 0.29) is 0 Å². The van der Waals surface area contributed by atoms with E-state index in [0.29, 0.717) is 5.92 Å². The Morgan fingerprint density at radius 2 is 1.79 bits per heavy atom. The van der Waals surface area contributed by atoms with Gasteiger partial charge in [-0.1, -0.05) is 55.0 Å². The van der Waals surface area contributed by atoms with Gasteiger partial charge >= 0.3 is 0 Å². The summed E-state index contributed by atoms with van der Waals surface area (Å²) in [6, 6.07) is 8.56. The van der Waals surface area contributed by atoms with Crippen LogP contribution in [0.2, 0.25) is 0 Å². The van der Waals surface area contributed by atoms with Crippen LogP contribution in [-0.2, 0) is 0 Å². The molecule has 0 aliphatic heterocycles. The van der Waals surface area contributed by atoms with Crippen molar-refractivity contribution in [3.05, 3.63) is 46.4 Å². The molecule has 1 aliphatic carbocycles. The van der Waals surface area contributed by atoms with Crippen molar-refractivity contribution < 1.29 is 0 Å². The third-order valence-electron chi connectivity index (χ3n) is 2.99. The zero-order valence-electron chi connectivity index (χ0n) is 8.83. The van der Waals surface area contributed by atoms with Crippen LogP contribution >= 0.6 is 0 Å². The maximum Gasteiger partial charge on any atom is -0.0187 e. The second kappa shape index (κ2) is 3.83. The van der Waals surface area contributed by atoms with E-state index in [1.165, 1.54) is 16.0 Å². The van der Waals surface area contributed by atoms with Crippen LogP contribution in [0.5, 0.6) is 0 Å². The molecule has 0 saturated carbocycles. The molecule has 1 aliphatic rings. The molecule has 14 heavy (non-hydrogen) atoms. The van der Waals surface area contributed by atoms with Crippen molar-refractivity contribution in [2.24, 2.45) is 5.92 Å². The molecule has 0 fully saturated rings. The number of allylic oxidation sites excluding steroid dienone is 2. The molecule has 0 amide bonds. The summed E-state index contributed by atoms with van der Waals surface area (Å²) in [4.78, 5) is 0. The summed E-state index contributed by atoms with van der Waals surface area (Å²) in [5, 5.41) is 2.70. The minimum Gasteiger partial charge on any atom is -0.0761 e. The highest BCUT2D eigenvalue weighted by Crippen LogP contribution is 2.14. The van der Waals surface area contributed by atoms with E-state index < -0.39 is 0 Å². The lowest BCUT2D eigenvalue weighted by molar-refractivity contribution is 0.713. The van der Waals surface area contributed by atoms with Gasteiger partial charge in [-0.2, -0.15) is 0 Å². The molecule has 1 aromatic carbocycles. The average Bonchev–Trinajstić information content (AvgIpc) is 2.21. The maximum absolute atomic E-state index is 2.34. The molecular formula is C14H16.